The minimum atomic E-state index is -3.52. The SMILES string of the molecule is COc1cccc(CNS(=O)(=O)N(C)CCCO)c1. The molecule has 0 radical (unpaired) electrons. The van der Waals surface area contributed by atoms with Gasteiger partial charge in [-0.05, 0) is 24.1 Å². The molecule has 1 rings (SSSR count). The first-order valence-corrected chi connectivity index (χ1v) is 7.38. The van der Waals surface area contributed by atoms with Crippen molar-refractivity contribution < 1.29 is 18.3 Å². The highest BCUT2D eigenvalue weighted by molar-refractivity contribution is 7.87. The zero-order valence-corrected chi connectivity index (χ0v) is 12.0. The molecule has 1 aromatic carbocycles. The molecule has 0 heterocycles. The Labute approximate surface area is 114 Å². The molecule has 0 saturated heterocycles. The van der Waals surface area contributed by atoms with Crippen LogP contribution in [0.25, 0.3) is 0 Å². The summed E-state index contributed by atoms with van der Waals surface area (Å²) in [6.07, 6.45) is 0.413. The highest BCUT2D eigenvalue weighted by Crippen LogP contribution is 2.12. The van der Waals surface area contributed by atoms with Crippen molar-refractivity contribution in [3.8, 4) is 5.75 Å². The summed E-state index contributed by atoms with van der Waals surface area (Å²) in [5.74, 6) is 0.685. The molecule has 1 aromatic rings. The monoisotopic (exact) mass is 288 g/mol. The number of hydrogen-bond donors (Lipinski definition) is 2. The molecule has 0 aliphatic heterocycles. The van der Waals surface area contributed by atoms with E-state index in [1.165, 1.54) is 11.4 Å². The van der Waals surface area contributed by atoms with Gasteiger partial charge in [0.05, 0.1) is 7.11 Å². The van der Waals surface area contributed by atoms with Crippen LogP contribution in [-0.4, -0.2) is 45.1 Å². The average molecular weight is 288 g/mol. The van der Waals surface area contributed by atoms with Gasteiger partial charge in [-0.2, -0.15) is 17.4 Å². The van der Waals surface area contributed by atoms with Gasteiger partial charge in [0, 0.05) is 26.7 Å². The Morgan fingerprint density at radius 1 is 1.42 bits per heavy atom. The van der Waals surface area contributed by atoms with E-state index in [0.717, 1.165) is 5.56 Å². The molecule has 0 atom stereocenters. The van der Waals surface area contributed by atoms with Crippen molar-refractivity contribution in [3.05, 3.63) is 29.8 Å². The molecule has 19 heavy (non-hydrogen) atoms. The highest BCUT2D eigenvalue weighted by Gasteiger charge is 2.16. The Bertz CT molecular complexity index is 490. The number of aliphatic hydroxyl groups excluding tert-OH is 1. The summed E-state index contributed by atoms with van der Waals surface area (Å²) in [7, 11) is -0.482. The minimum absolute atomic E-state index is 0.0320. The summed E-state index contributed by atoms with van der Waals surface area (Å²) in [5.41, 5.74) is 0.818. The summed E-state index contributed by atoms with van der Waals surface area (Å²) < 4.78 is 32.5. The Morgan fingerprint density at radius 2 is 2.16 bits per heavy atom. The Morgan fingerprint density at radius 3 is 2.79 bits per heavy atom. The van der Waals surface area contributed by atoms with Crippen molar-refractivity contribution in [1.82, 2.24) is 9.03 Å². The molecule has 0 aliphatic rings. The Hall–Kier alpha value is -1.15. The van der Waals surface area contributed by atoms with Crippen LogP contribution in [0.1, 0.15) is 12.0 Å². The maximum Gasteiger partial charge on any atom is 0.279 e. The van der Waals surface area contributed by atoms with E-state index in [9.17, 15) is 8.42 Å². The molecular formula is C12H20N2O4S. The van der Waals surface area contributed by atoms with Gasteiger partial charge in [0.2, 0.25) is 0 Å². The molecule has 0 unspecified atom stereocenters. The topological polar surface area (TPSA) is 78.9 Å². The standard InChI is InChI=1S/C12H20N2O4S/c1-14(7-4-8-15)19(16,17)13-10-11-5-3-6-12(9-11)18-2/h3,5-6,9,13,15H,4,7-8,10H2,1-2H3. The van der Waals surface area contributed by atoms with E-state index in [2.05, 4.69) is 4.72 Å². The van der Waals surface area contributed by atoms with Crippen LogP contribution < -0.4 is 9.46 Å². The van der Waals surface area contributed by atoms with E-state index >= 15 is 0 Å². The second-order valence-corrected chi connectivity index (χ2v) is 5.94. The number of rotatable bonds is 8. The molecule has 0 aliphatic carbocycles. The van der Waals surface area contributed by atoms with Gasteiger partial charge in [0.15, 0.2) is 0 Å². The van der Waals surface area contributed by atoms with Crippen LogP contribution in [0.3, 0.4) is 0 Å². The number of methoxy groups -OCH3 is 1. The van der Waals surface area contributed by atoms with Gasteiger partial charge in [0.1, 0.15) is 5.75 Å². The molecule has 0 spiro atoms. The van der Waals surface area contributed by atoms with Crippen LogP contribution in [0.15, 0.2) is 24.3 Å². The second kappa shape index (κ2) is 7.44. The average Bonchev–Trinajstić information content (AvgIpc) is 2.42. The lowest BCUT2D eigenvalue weighted by Gasteiger charge is -2.17. The fourth-order valence-corrected chi connectivity index (χ4v) is 2.42. The van der Waals surface area contributed by atoms with E-state index in [1.54, 1.807) is 25.3 Å². The predicted molar refractivity (Wildman–Crippen MR) is 73.1 cm³/mol. The normalized spacial score (nSPS) is 11.8. The molecule has 0 fully saturated rings. The fourth-order valence-electron chi connectivity index (χ4n) is 1.48. The zero-order valence-electron chi connectivity index (χ0n) is 11.2. The van der Waals surface area contributed by atoms with Gasteiger partial charge in [-0.1, -0.05) is 12.1 Å². The highest BCUT2D eigenvalue weighted by atomic mass is 32.2. The quantitative estimate of drug-likeness (QED) is 0.723. The molecule has 108 valence electrons. The van der Waals surface area contributed by atoms with Gasteiger partial charge in [-0.15, -0.1) is 0 Å². The van der Waals surface area contributed by atoms with E-state index in [0.29, 0.717) is 12.2 Å². The first kappa shape index (κ1) is 15.9. The smallest absolute Gasteiger partial charge is 0.279 e. The van der Waals surface area contributed by atoms with Crippen LogP contribution in [0.5, 0.6) is 5.75 Å². The molecule has 0 amide bonds. The molecule has 7 heteroatoms. The summed E-state index contributed by atoms with van der Waals surface area (Å²) in [6, 6.07) is 7.19. The summed E-state index contributed by atoms with van der Waals surface area (Å²) in [6.45, 7) is 0.447. The van der Waals surface area contributed by atoms with Crippen molar-refractivity contribution in [2.75, 3.05) is 27.3 Å². The van der Waals surface area contributed by atoms with Crippen molar-refractivity contribution in [2.24, 2.45) is 0 Å². The lowest BCUT2D eigenvalue weighted by Crippen LogP contribution is -2.38. The lowest BCUT2D eigenvalue weighted by molar-refractivity contribution is 0.275. The maximum absolute atomic E-state index is 11.9. The van der Waals surface area contributed by atoms with Crippen LogP contribution in [0.4, 0.5) is 0 Å². The Kier molecular flexibility index (Phi) is 6.23. The molecule has 6 nitrogen and oxygen atoms in total. The third kappa shape index (κ3) is 5.15. The molecule has 0 saturated carbocycles. The van der Waals surface area contributed by atoms with Crippen LogP contribution in [0, 0.1) is 0 Å². The molecular weight excluding hydrogens is 268 g/mol. The van der Waals surface area contributed by atoms with Crippen LogP contribution >= 0.6 is 0 Å². The number of hydrogen-bond acceptors (Lipinski definition) is 4. The van der Waals surface area contributed by atoms with Crippen molar-refractivity contribution in [3.63, 3.8) is 0 Å². The van der Waals surface area contributed by atoms with Gasteiger partial charge in [-0.3, -0.25) is 0 Å². The van der Waals surface area contributed by atoms with E-state index in [-0.39, 0.29) is 19.7 Å². The zero-order chi connectivity index (χ0) is 14.3. The van der Waals surface area contributed by atoms with Crippen molar-refractivity contribution >= 4 is 10.2 Å². The number of aliphatic hydroxyl groups is 1. The third-order valence-electron chi connectivity index (χ3n) is 2.63. The first-order valence-electron chi connectivity index (χ1n) is 5.94. The number of benzene rings is 1. The second-order valence-electron chi connectivity index (χ2n) is 4.08. The van der Waals surface area contributed by atoms with E-state index in [4.69, 9.17) is 9.84 Å². The van der Waals surface area contributed by atoms with Crippen molar-refractivity contribution in [2.45, 2.75) is 13.0 Å². The fraction of sp³-hybridized carbons (Fsp3) is 0.500. The number of nitrogens with one attached hydrogen (secondary N) is 1. The van der Waals surface area contributed by atoms with Gasteiger partial charge >= 0.3 is 0 Å². The maximum atomic E-state index is 11.9. The molecule has 2 N–H and O–H groups in total. The van der Waals surface area contributed by atoms with Gasteiger partial charge in [0.25, 0.3) is 10.2 Å². The van der Waals surface area contributed by atoms with E-state index < -0.39 is 10.2 Å². The third-order valence-corrected chi connectivity index (χ3v) is 4.15. The lowest BCUT2D eigenvalue weighted by atomic mass is 10.2. The summed E-state index contributed by atoms with van der Waals surface area (Å²) >= 11 is 0. The van der Waals surface area contributed by atoms with Gasteiger partial charge in [-0.25, -0.2) is 0 Å². The first-order chi connectivity index (χ1) is 8.99. The van der Waals surface area contributed by atoms with Crippen molar-refractivity contribution in [1.29, 1.82) is 0 Å². The predicted octanol–water partition coefficient (Wildman–Crippen LogP) is 0.344. The number of nitrogens with zero attached hydrogens (tertiary/aromatic N) is 1. The molecule has 0 aromatic heterocycles. The van der Waals surface area contributed by atoms with Crippen LogP contribution in [0.2, 0.25) is 0 Å². The minimum Gasteiger partial charge on any atom is -0.497 e. The summed E-state index contributed by atoms with van der Waals surface area (Å²) in [4.78, 5) is 0. The summed E-state index contributed by atoms with van der Waals surface area (Å²) in [5, 5.41) is 8.69. The Balaban J connectivity index is 2.59. The van der Waals surface area contributed by atoms with Crippen LogP contribution in [-0.2, 0) is 16.8 Å². The number of ether oxygens (including phenoxy) is 1. The van der Waals surface area contributed by atoms with Gasteiger partial charge < -0.3 is 9.84 Å². The van der Waals surface area contributed by atoms with E-state index in [1.807, 2.05) is 6.07 Å². The largest absolute Gasteiger partial charge is 0.497 e. The molecule has 0 bridgehead atoms.